The summed E-state index contributed by atoms with van der Waals surface area (Å²) >= 11 is 0. The number of hydrogen-bond acceptors (Lipinski definition) is 6. The number of nitrogens with zero attached hydrogens (tertiary/aromatic N) is 2. The van der Waals surface area contributed by atoms with Crippen LogP contribution in [0.5, 0.6) is 0 Å². The predicted octanol–water partition coefficient (Wildman–Crippen LogP) is 2.17. The van der Waals surface area contributed by atoms with E-state index in [1.54, 1.807) is 32.5 Å². The largest absolute Gasteiger partial charge is 0.379 e. The Hall–Kier alpha value is -2.25. The van der Waals surface area contributed by atoms with Crippen LogP contribution in [0, 0.1) is 10.1 Å². The molecule has 0 atom stereocenters. The Labute approximate surface area is 115 Å². The molecule has 7 heteroatoms. The molecule has 0 radical (unpaired) electrons. The van der Waals surface area contributed by atoms with Crippen molar-refractivity contribution in [1.29, 1.82) is 0 Å². The van der Waals surface area contributed by atoms with Gasteiger partial charge in [-0.3, -0.25) is 15.1 Å². The highest BCUT2D eigenvalue weighted by Crippen LogP contribution is 2.30. The molecule has 0 saturated carbocycles. The highest BCUT2D eigenvalue weighted by molar-refractivity contribution is 5.99. The molecule has 106 valence electrons. The third-order valence-corrected chi connectivity index (χ3v) is 2.98. The van der Waals surface area contributed by atoms with Crippen LogP contribution in [0.1, 0.15) is 0 Å². The molecule has 1 N–H and O–H groups in total. The van der Waals surface area contributed by atoms with Crippen LogP contribution >= 0.6 is 0 Å². The number of hydrogen-bond donors (Lipinski definition) is 1. The van der Waals surface area contributed by atoms with E-state index in [2.05, 4.69) is 10.3 Å². The number of nitro benzene ring substituents is 1. The first-order valence-electron chi connectivity index (χ1n) is 5.98. The number of benzene rings is 1. The monoisotopic (exact) mass is 277 g/mol. The van der Waals surface area contributed by atoms with Crippen LogP contribution in [0.3, 0.4) is 0 Å². The minimum absolute atomic E-state index is 0.0358. The van der Waals surface area contributed by atoms with Gasteiger partial charge in [0.2, 0.25) is 0 Å². The summed E-state index contributed by atoms with van der Waals surface area (Å²) in [5.41, 5.74) is 0.806. The average molecular weight is 277 g/mol. The molecule has 1 aromatic heterocycles. The minimum atomic E-state index is -0.416. The summed E-state index contributed by atoms with van der Waals surface area (Å²) in [4.78, 5) is 14.5. The van der Waals surface area contributed by atoms with Gasteiger partial charge in [-0.05, 0) is 12.1 Å². The normalized spacial score (nSPS) is 10.9. The number of rotatable bonds is 6. The quantitative estimate of drug-likeness (QED) is 0.494. The molecule has 0 aliphatic rings. The molecule has 1 aromatic carbocycles. The van der Waals surface area contributed by atoms with E-state index in [1.807, 2.05) is 0 Å². The van der Waals surface area contributed by atoms with Crippen LogP contribution in [0.4, 0.5) is 11.4 Å². The lowest BCUT2D eigenvalue weighted by molar-refractivity contribution is -0.383. The molecular formula is C13H15N3O4. The first-order chi connectivity index (χ1) is 9.67. The van der Waals surface area contributed by atoms with Gasteiger partial charge in [-0.2, -0.15) is 0 Å². The molecule has 0 aliphatic heterocycles. The lowest BCUT2D eigenvalue weighted by Gasteiger charge is -2.16. The minimum Gasteiger partial charge on any atom is -0.379 e. The Morgan fingerprint density at radius 2 is 2.05 bits per heavy atom. The molecular weight excluding hydrogens is 262 g/mol. The topological polar surface area (TPSA) is 86.5 Å². The summed E-state index contributed by atoms with van der Waals surface area (Å²) < 4.78 is 10.2. The second-order valence-corrected chi connectivity index (χ2v) is 4.09. The van der Waals surface area contributed by atoms with Gasteiger partial charge in [0.25, 0.3) is 5.69 Å². The van der Waals surface area contributed by atoms with E-state index in [-0.39, 0.29) is 12.0 Å². The average Bonchev–Trinajstić information content (AvgIpc) is 2.47. The molecule has 1 heterocycles. The number of methoxy groups -OCH3 is 2. The smallest absolute Gasteiger partial charge is 0.278 e. The molecule has 20 heavy (non-hydrogen) atoms. The summed E-state index contributed by atoms with van der Waals surface area (Å²) in [7, 11) is 3.10. The molecule has 0 spiro atoms. The molecule has 0 amide bonds. The molecule has 0 unspecified atom stereocenters. The van der Waals surface area contributed by atoms with E-state index in [0.29, 0.717) is 11.9 Å². The fraction of sp³-hybridized carbons (Fsp3) is 0.308. The summed E-state index contributed by atoms with van der Waals surface area (Å²) in [5, 5.41) is 15.4. The van der Waals surface area contributed by atoms with Crippen molar-refractivity contribution in [2.75, 3.05) is 26.1 Å². The highest BCUT2D eigenvalue weighted by atomic mass is 16.7. The van der Waals surface area contributed by atoms with Gasteiger partial charge >= 0.3 is 0 Å². The van der Waals surface area contributed by atoms with Crippen LogP contribution < -0.4 is 5.32 Å². The second-order valence-electron chi connectivity index (χ2n) is 4.09. The SMILES string of the molecule is COC(CNc1ccc([N+](=O)[O-])c2cnccc12)OC. The zero-order valence-electron chi connectivity index (χ0n) is 11.2. The van der Waals surface area contributed by atoms with Crippen LogP contribution in [-0.4, -0.2) is 37.0 Å². The zero-order valence-corrected chi connectivity index (χ0v) is 11.2. The van der Waals surface area contributed by atoms with Gasteiger partial charge in [0, 0.05) is 43.8 Å². The Kier molecular flexibility index (Phi) is 4.44. The first kappa shape index (κ1) is 14.2. The van der Waals surface area contributed by atoms with Crippen molar-refractivity contribution in [2.45, 2.75) is 6.29 Å². The molecule has 0 saturated heterocycles. The third kappa shape index (κ3) is 2.84. The van der Waals surface area contributed by atoms with E-state index in [9.17, 15) is 10.1 Å². The van der Waals surface area contributed by atoms with Gasteiger partial charge in [-0.15, -0.1) is 0 Å². The second kappa shape index (κ2) is 6.27. The lowest BCUT2D eigenvalue weighted by atomic mass is 10.1. The fourth-order valence-electron chi connectivity index (χ4n) is 1.94. The van der Waals surface area contributed by atoms with Gasteiger partial charge in [-0.1, -0.05) is 0 Å². The summed E-state index contributed by atoms with van der Waals surface area (Å²) in [6.07, 6.45) is 2.70. The number of nitrogens with one attached hydrogen (secondary N) is 1. The van der Waals surface area contributed by atoms with E-state index in [4.69, 9.17) is 9.47 Å². The van der Waals surface area contributed by atoms with Crippen molar-refractivity contribution in [3.05, 3.63) is 40.7 Å². The standard InChI is InChI=1S/C13H15N3O4/c1-19-13(20-2)8-15-11-3-4-12(16(17)18)10-7-14-6-5-9(10)11/h3-7,13,15H,8H2,1-2H3. The van der Waals surface area contributed by atoms with Gasteiger partial charge in [-0.25, -0.2) is 0 Å². The Bertz CT molecular complexity index is 614. The van der Waals surface area contributed by atoms with Gasteiger partial charge in [0.1, 0.15) is 0 Å². The molecule has 0 fully saturated rings. The zero-order chi connectivity index (χ0) is 14.5. The van der Waals surface area contributed by atoms with E-state index >= 15 is 0 Å². The van der Waals surface area contributed by atoms with Crippen molar-refractivity contribution in [2.24, 2.45) is 0 Å². The predicted molar refractivity (Wildman–Crippen MR) is 74.7 cm³/mol. The van der Waals surface area contributed by atoms with Gasteiger partial charge in [0.05, 0.1) is 16.9 Å². The van der Waals surface area contributed by atoms with E-state index in [0.717, 1.165) is 11.1 Å². The maximum atomic E-state index is 11.0. The number of ether oxygens (including phenoxy) is 2. The maximum Gasteiger partial charge on any atom is 0.278 e. The van der Waals surface area contributed by atoms with Crippen molar-refractivity contribution >= 4 is 22.1 Å². The highest BCUT2D eigenvalue weighted by Gasteiger charge is 2.15. The van der Waals surface area contributed by atoms with Crippen molar-refractivity contribution in [1.82, 2.24) is 4.98 Å². The summed E-state index contributed by atoms with van der Waals surface area (Å²) in [5.74, 6) is 0. The number of non-ortho nitro benzene ring substituents is 1. The van der Waals surface area contributed by atoms with Crippen LogP contribution in [0.25, 0.3) is 10.8 Å². The number of nitro groups is 1. The number of anilines is 1. The van der Waals surface area contributed by atoms with Crippen LogP contribution in [0.15, 0.2) is 30.6 Å². The Morgan fingerprint density at radius 3 is 2.70 bits per heavy atom. The molecule has 0 aliphatic carbocycles. The molecule has 0 bridgehead atoms. The molecule has 7 nitrogen and oxygen atoms in total. The van der Waals surface area contributed by atoms with Crippen molar-refractivity contribution < 1.29 is 14.4 Å². The van der Waals surface area contributed by atoms with Gasteiger partial charge in [0.15, 0.2) is 6.29 Å². The van der Waals surface area contributed by atoms with Gasteiger partial charge < -0.3 is 14.8 Å². The van der Waals surface area contributed by atoms with Crippen LogP contribution in [0.2, 0.25) is 0 Å². The summed E-state index contributed by atoms with van der Waals surface area (Å²) in [6.45, 7) is 0.433. The number of fused-ring (bicyclic) bond motifs is 1. The van der Waals surface area contributed by atoms with E-state index < -0.39 is 4.92 Å². The molecule has 2 rings (SSSR count). The number of pyridine rings is 1. The van der Waals surface area contributed by atoms with Crippen molar-refractivity contribution in [3.63, 3.8) is 0 Å². The van der Waals surface area contributed by atoms with E-state index in [1.165, 1.54) is 12.3 Å². The Balaban J connectivity index is 2.36. The summed E-state index contributed by atoms with van der Waals surface area (Å²) in [6, 6.07) is 4.86. The fourth-order valence-corrected chi connectivity index (χ4v) is 1.94. The van der Waals surface area contributed by atoms with Crippen molar-refractivity contribution in [3.8, 4) is 0 Å². The lowest BCUT2D eigenvalue weighted by Crippen LogP contribution is -2.23. The maximum absolute atomic E-state index is 11.0. The number of aromatic nitrogens is 1. The molecule has 2 aromatic rings. The Morgan fingerprint density at radius 1 is 1.30 bits per heavy atom. The third-order valence-electron chi connectivity index (χ3n) is 2.98. The van der Waals surface area contributed by atoms with Crippen LogP contribution in [-0.2, 0) is 9.47 Å². The first-order valence-corrected chi connectivity index (χ1v) is 5.98.